The normalized spacial score (nSPS) is 19.7. The van der Waals surface area contributed by atoms with Crippen LogP contribution in [-0.2, 0) is 16.1 Å². The van der Waals surface area contributed by atoms with E-state index in [1.54, 1.807) is 24.3 Å². The second-order valence-corrected chi connectivity index (χ2v) is 9.26. The molecule has 2 aromatic carbocycles. The first-order valence-corrected chi connectivity index (χ1v) is 11.3. The van der Waals surface area contributed by atoms with Crippen molar-refractivity contribution in [2.75, 3.05) is 31.5 Å². The number of fused-ring (bicyclic) bond motifs is 1. The molecule has 2 aliphatic rings. The lowest BCUT2D eigenvalue weighted by molar-refractivity contribution is -0.132. The molecule has 0 saturated carbocycles. The van der Waals surface area contributed by atoms with Crippen LogP contribution in [-0.4, -0.2) is 53.0 Å². The van der Waals surface area contributed by atoms with Crippen LogP contribution < -0.4 is 5.32 Å². The van der Waals surface area contributed by atoms with Gasteiger partial charge in [-0.15, -0.1) is 11.8 Å². The summed E-state index contributed by atoms with van der Waals surface area (Å²) in [5.74, 6) is -0.388. The number of hydrogen-bond acceptors (Lipinski definition) is 4. The number of thioether (sulfide) groups is 1. The number of benzene rings is 2. The molecule has 1 N–H and O–H groups in total. The summed E-state index contributed by atoms with van der Waals surface area (Å²) in [4.78, 5) is 30.4. The molecule has 0 spiro atoms. The molecule has 0 aromatic heterocycles. The van der Waals surface area contributed by atoms with Crippen LogP contribution in [0.1, 0.15) is 18.4 Å². The monoisotopic (exact) mass is 447 g/mol. The zero-order valence-electron chi connectivity index (χ0n) is 16.4. The van der Waals surface area contributed by atoms with Crippen molar-refractivity contribution < 1.29 is 14.0 Å². The smallest absolute Gasteiger partial charge is 0.238 e. The lowest BCUT2D eigenvalue weighted by Crippen LogP contribution is -2.39. The Morgan fingerprint density at radius 2 is 1.93 bits per heavy atom. The summed E-state index contributed by atoms with van der Waals surface area (Å²) in [6.45, 7) is 3.69. The third-order valence-corrected chi connectivity index (χ3v) is 6.89. The van der Waals surface area contributed by atoms with Crippen LogP contribution in [0, 0.1) is 5.82 Å². The summed E-state index contributed by atoms with van der Waals surface area (Å²) in [7, 11) is 0. The molecular weight excluding hydrogens is 425 g/mol. The number of rotatable bonds is 4. The second kappa shape index (κ2) is 9.37. The van der Waals surface area contributed by atoms with Gasteiger partial charge in [-0.05, 0) is 42.3 Å². The van der Waals surface area contributed by atoms with Gasteiger partial charge in [0, 0.05) is 49.1 Å². The maximum Gasteiger partial charge on any atom is 0.238 e. The molecule has 2 amide bonds. The van der Waals surface area contributed by atoms with E-state index in [0.717, 1.165) is 36.5 Å². The van der Waals surface area contributed by atoms with Crippen LogP contribution in [0.15, 0.2) is 47.4 Å². The molecule has 30 heavy (non-hydrogen) atoms. The maximum atomic E-state index is 13.1. The van der Waals surface area contributed by atoms with Crippen LogP contribution in [0.25, 0.3) is 0 Å². The second-order valence-electron chi connectivity index (χ2n) is 7.58. The zero-order valence-corrected chi connectivity index (χ0v) is 18.0. The third-order valence-electron chi connectivity index (χ3n) is 5.38. The van der Waals surface area contributed by atoms with E-state index < -0.39 is 5.25 Å². The van der Waals surface area contributed by atoms with Crippen LogP contribution >= 0.6 is 23.4 Å². The third kappa shape index (κ3) is 5.14. The van der Waals surface area contributed by atoms with Crippen LogP contribution in [0.5, 0.6) is 0 Å². The van der Waals surface area contributed by atoms with E-state index >= 15 is 0 Å². The van der Waals surface area contributed by atoms with Crippen molar-refractivity contribution in [1.82, 2.24) is 9.80 Å². The molecule has 2 aromatic rings. The number of anilines is 1. The molecule has 2 aliphatic heterocycles. The Morgan fingerprint density at radius 3 is 2.73 bits per heavy atom. The highest BCUT2D eigenvalue weighted by molar-refractivity contribution is 8.01. The number of halogens is 2. The van der Waals surface area contributed by atoms with Gasteiger partial charge in [0.1, 0.15) is 5.82 Å². The Bertz CT molecular complexity index is 940. The van der Waals surface area contributed by atoms with Gasteiger partial charge in [-0.25, -0.2) is 4.39 Å². The van der Waals surface area contributed by atoms with Gasteiger partial charge in [0.25, 0.3) is 0 Å². The highest BCUT2D eigenvalue weighted by atomic mass is 35.5. The summed E-state index contributed by atoms with van der Waals surface area (Å²) in [6, 6.07) is 11.9. The highest BCUT2D eigenvalue weighted by Gasteiger charge is 2.31. The number of amides is 2. The van der Waals surface area contributed by atoms with Gasteiger partial charge in [0.05, 0.1) is 10.9 Å². The molecule has 5 nitrogen and oxygen atoms in total. The minimum absolute atomic E-state index is 0.00342. The summed E-state index contributed by atoms with van der Waals surface area (Å²) in [5, 5.41) is 2.99. The molecule has 0 bridgehead atoms. The first-order valence-electron chi connectivity index (χ1n) is 9.99. The molecule has 2 heterocycles. The fourth-order valence-electron chi connectivity index (χ4n) is 3.77. The molecule has 1 unspecified atom stereocenters. The topological polar surface area (TPSA) is 52.7 Å². The molecule has 1 saturated heterocycles. The van der Waals surface area contributed by atoms with Gasteiger partial charge < -0.3 is 10.2 Å². The molecular formula is C22H23ClFN3O2S. The molecule has 0 aliphatic carbocycles. The Morgan fingerprint density at radius 1 is 1.13 bits per heavy atom. The van der Waals surface area contributed by atoms with Gasteiger partial charge in [-0.1, -0.05) is 23.7 Å². The standard InChI is InChI=1S/C22H23ClFN3O2S/c23-16-4-7-19-18(12-16)25-22(29)20(30-19)13-21(28)27-9-1-8-26(10-11-27)14-15-2-5-17(24)6-3-15/h2-7,12,20H,1,8-11,13-14H2,(H,25,29). The Balaban J connectivity index is 1.32. The van der Waals surface area contributed by atoms with E-state index in [1.165, 1.54) is 23.9 Å². The first kappa shape index (κ1) is 21.2. The average molecular weight is 448 g/mol. The molecule has 1 fully saturated rings. The Hall–Kier alpha value is -2.09. The maximum absolute atomic E-state index is 13.1. The molecule has 1 atom stereocenters. The quantitative estimate of drug-likeness (QED) is 0.769. The number of carbonyl (C=O) groups is 2. The summed E-state index contributed by atoms with van der Waals surface area (Å²) < 4.78 is 13.1. The van der Waals surface area contributed by atoms with Crippen LogP contribution in [0.4, 0.5) is 10.1 Å². The van der Waals surface area contributed by atoms with Gasteiger partial charge >= 0.3 is 0 Å². The van der Waals surface area contributed by atoms with Crippen LogP contribution in [0.2, 0.25) is 5.02 Å². The Labute approximate surface area is 184 Å². The largest absolute Gasteiger partial charge is 0.341 e. The van der Waals surface area contributed by atoms with Gasteiger partial charge in [-0.2, -0.15) is 0 Å². The molecule has 0 radical (unpaired) electrons. The van der Waals surface area contributed by atoms with Crippen molar-refractivity contribution in [3.8, 4) is 0 Å². The summed E-state index contributed by atoms with van der Waals surface area (Å²) >= 11 is 7.41. The fraction of sp³-hybridized carbons (Fsp3) is 0.364. The Kier molecular flexibility index (Phi) is 6.61. The summed E-state index contributed by atoms with van der Waals surface area (Å²) in [6.07, 6.45) is 1.05. The lowest BCUT2D eigenvalue weighted by atomic mass is 10.2. The van der Waals surface area contributed by atoms with Crippen molar-refractivity contribution in [2.24, 2.45) is 0 Å². The minimum atomic E-state index is -0.440. The van der Waals surface area contributed by atoms with Gasteiger partial charge in [0.15, 0.2) is 0 Å². The van der Waals surface area contributed by atoms with Gasteiger partial charge in [0.2, 0.25) is 11.8 Å². The summed E-state index contributed by atoms with van der Waals surface area (Å²) in [5.41, 5.74) is 1.76. The van der Waals surface area contributed by atoms with Crippen LogP contribution in [0.3, 0.4) is 0 Å². The molecule has 4 rings (SSSR count). The predicted molar refractivity (Wildman–Crippen MR) is 117 cm³/mol. The van der Waals surface area contributed by atoms with Crippen molar-refractivity contribution in [3.63, 3.8) is 0 Å². The van der Waals surface area contributed by atoms with E-state index in [0.29, 0.717) is 23.8 Å². The van der Waals surface area contributed by atoms with E-state index in [2.05, 4.69) is 10.2 Å². The van der Waals surface area contributed by atoms with Crippen molar-refractivity contribution >= 4 is 40.9 Å². The predicted octanol–water partition coefficient (Wildman–Crippen LogP) is 4.02. The number of nitrogens with one attached hydrogen (secondary N) is 1. The SMILES string of the molecule is O=C1Nc2cc(Cl)ccc2SC1CC(=O)N1CCCN(Cc2ccc(F)cc2)CC1. The van der Waals surface area contributed by atoms with E-state index in [1.807, 2.05) is 11.0 Å². The molecule has 158 valence electrons. The van der Waals surface area contributed by atoms with Crippen molar-refractivity contribution in [1.29, 1.82) is 0 Å². The highest BCUT2D eigenvalue weighted by Crippen LogP contribution is 2.38. The number of nitrogens with zero attached hydrogens (tertiary/aromatic N) is 2. The fourth-order valence-corrected chi connectivity index (χ4v) is 5.03. The number of carbonyl (C=O) groups excluding carboxylic acids is 2. The number of hydrogen-bond donors (Lipinski definition) is 1. The van der Waals surface area contributed by atoms with Crippen molar-refractivity contribution in [3.05, 3.63) is 58.9 Å². The first-order chi connectivity index (χ1) is 14.5. The zero-order chi connectivity index (χ0) is 21.1. The van der Waals surface area contributed by atoms with E-state index in [4.69, 9.17) is 11.6 Å². The molecule has 8 heteroatoms. The van der Waals surface area contributed by atoms with Crippen molar-refractivity contribution in [2.45, 2.75) is 29.5 Å². The van der Waals surface area contributed by atoms with E-state index in [-0.39, 0.29) is 24.1 Å². The van der Waals surface area contributed by atoms with Gasteiger partial charge in [-0.3, -0.25) is 14.5 Å². The lowest BCUT2D eigenvalue weighted by Gasteiger charge is -2.27. The minimum Gasteiger partial charge on any atom is -0.341 e. The van der Waals surface area contributed by atoms with E-state index in [9.17, 15) is 14.0 Å². The average Bonchev–Trinajstić information content (AvgIpc) is 2.96.